The number of anilines is 1. The minimum Gasteiger partial charge on any atom is -0.475 e. The van der Waals surface area contributed by atoms with E-state index in [1.165, 1.54) is 5.56 Å². The monoisotopic (exact) mass is 418 g/mol. The Hall–Kier alpha value is -3.15. The van der Waals surface area contributed by atoms with E-state index in [2.05, 4.69) is 48.3 Å². The lowest BCUT2D eigenvalue weighted by molar-refractivity contribution is -0.125. The molecule has 162 valence electrons. The molecule has 31 heavy (non-hydrogen) atoms. The number of carbonyl (C=O) groups is 1. The first-order valence-electron chi connectivity index (χ1n) is 11.1. The van der Waals surface area contributed by atoms with Crippen molar-refractivity contribution >= 4 is 22.8 Å². The van der Waals surface area contributed by atoms with Crippen molar-refractivity contribution in [2.45, 2.75) is 39.7 Å². The number of nitrogens with one attached hydrogen (secondary N) is 1. The van der Waals surface area contributed by atoms with E-state index >= 15 is 0 Å². The van der Waals surface area contributed by atoms with Crippen LogP contribution < -0.4 is 15.0 Å². The largest absolute Gasteiger partial charge is 0.475 e. The molecule has 1 saturated heterocycles. The normalized spacial score (nSPS) is 16.3. The number of carbonyl (C=O) groups excluding carboxylic acids is 1. The summed E-state index contributed by atoms with van der Waals surface area (Å²) in [5, 5.41) is 3.11. The van der Waals surface area contributed by atoms with Crippen LogP contribution in [0.1, 0.15) is 37.3 Å². The number of aromatic nitrogens is 2. The van der Waals surface area contributed by atoms with Gasteiger partial charge in [0, 0.05) is 19.6 Å². The molecule has 0 radical (unpaired) electrons. The molecule has 0 bridgehead atoms. The van der Waals surface area contributed by atoms with Gasteiger partial charge in [0.2, 0.25) is 5.91 Å². The Morgan fingerprint density at radius 2 is 1.87 bits per heavy atom. The number of aryl methyl sites for hydroxylation is 1. The zero-order chi connectivity index (χ0) is 21.6. The summed E-state index contributed by atoms with van der Waals surface area (Å²) >= 11 is 0. The van der Waals surface area contributed by atoms with Gasteiger partial charge in [0.25, 0.3) is 5.88 Å². The van der Waals surface area contributed by atoms with Crippen molar-refractivity contribution < 1.29 is 9.53 Å². The zero-order valence-corrected chi connectivity index (χ0v) is 18.3. The Balaban J connectivity index is 1.48. The number of nitrogens with zero attached hydrogens (tertiary/aromatic N) is 3. The predicted octanol–water partition coefficient (Wildman–Crippen LogP) is 4.26. The Morgan fingerprint density at radius 1 is 1.13 bits per heavy atom. The summed E-state index contributed by atoms with van der Waals surface area (Å²) in [6, 6.07) is 16.1. The number of hydrogen-bond acceptors (Lipinski definition) is 5. The van der Waals surface area contributed by atoms with Crippen molar-refractivity contribution in [3.05, 3.63) is 59.7 Å². The summed E-state index contributed by atoms with van der Waals surface area (Å²) in [5.41, 5.74) is 3.99. The minimum absolute atomic E-state index is 0.0773. The Bertz CT molecular complexity index is 1040. The fourth-order valence-corrected chi connectivity index (χ4v) is 3.90. The molecule has 1 atom stereocenters. The molecule has 0 aliphatic carbocycles. The third kappa shape index (κ3) is 5.13. The lowest BCUT2D eigenvalue weighted by Crippen LogP contribution is -2.43. The first-order valence-corrected chi connectivity index (χ1v) is 11.1. The number of rotatable bonds is 7. The highest BCUT2D eigenvalue weighted by molar-refractivity contribution is 5.80. The number of ether oxygens (including phenoxy) is 1. The quantitative estimate of drug-likeness (QED) is 0.621. The number of para-hydroxylation sites is 2. The van der Waals surface area contributed by atoms with Crippen molar-refractivity contribution in [3.63, 3.8) is 0 Å². The van der Waals surface area contributed by atoms with Crippen LogP contribution in [0, 0.1) is 12.8 Å². The maximum atomic E-state index is 12.9. The van der Waals surface area contributed by atoms with Gasteiger partial charge in [-0.1, -0.05) is 48.9 Å². The number of piperidine rings is 1. The van der Waals surface area contributed by atoms with Gasteiger partial charge in [-0.3, -0.25) is 4.79 Å². The van der Waals surface area contributed by atoms with Gasteiger partial charge in [0.1, 0.15) is 0 Å². The smallest absolute Gasteiger partial charge is 0.258 e. The molecule has 1 aromatic heterocycles. The van der Waals surface area contributed by atoms with Crippen LogP contribution in [0.3, 0.4) is 0 Å². The molecule has 1 amide bonds. The van der Waals surface area contributed by atoms with E-state index < -0.39 is 0 Å². The van der Waals surface area contributed by atoms with Crippen LogP contribution in [0.2, 0.25) is 0 Å². The van der Waals surface area contributed by atoms with Crippen LogP contribution in [-0.2, 0) is 11.3 Å². The molecule has 0 unspecified atom stereocenters. The van der Waals surface area contributed by atoms with E-state index in [1.807, 2.05) is 24.3 Å². The molecule has 1 aliphatic heterocycles. The predicted molar refractivity (Wildman–Crippen MR) is 123 cm³/mol. The summed E-state index contributed by atoms with van der Waals surface area (Å²) in [7, 11) is 0. The van der Waals surface area contributed by atoms with Crippen molar-refractivity contribution in [1.82, 2.24) is 15.3 Å². The fourth-order valence-electron chi connectivity index (χ4n) is 3.90. The molecule has 0 saturated carbocycles. The summed E-state index contributed by atoms with van der Waals surface area (Å²) in [5.74, 6) is 1.31. The summed E-state index contributed by atoms with van der Waals surface area (Å²) < 4.78 is 5.94. The number of hydrogen-bond donors (Lipinski definition) is 1. The van der Waals surface area contributed by atoms with Gasteiger partial charge < -0.3 is 15.0 Å². The third-order valence-corrected chi connectivity index (χ3v) is 5.64. The van der Waals surface area contributed by atoms with E-state index in [4.69, 9.17) is 14.7 Å². The second-order valence-corrected chi connectivity index (χ2v) is 8.18. The molecular weight excluding hydrogens is 388 g/mol. The molecule has 2 heterocycles. The van der Waals surface area contributed by atoms with Crippen molar-refractivity contribution in [1.29, 1.82) is 0 Å². The zero-order valence-electron chi connectivity index (χ0n) is 18.3. The molecule has 1 N–H and O–H groups in total. The number of amides is 1. The van der Waals surface area contributed by atoms with Gasteiger partial charge in [0.05, 0.1) is 23.6 Å². The number of benzene rings is 2. The molecule has 6 nitrogen and oxygen atoms in total. The standard InChI is InChI=1S/C25H30N4O2/c1-3-15-31-25-23(27-21-8-4-5-9-22(21)28-25)29-14-6-7-20(17-29)24(30)26-16-19-12-10-18(2)11-13-19/h4-5,8-13,20H,3,6-7,14-17H2,1-2H3,(H,26,30)/t20-/m0/s1. The Kier molecular flexibility index (Phi) is 6.65. The van der Waals surface area contributed by atoms with Crippen LogP contribution in [0.25, 0.3) is 11.0 Å². The maximum absolute atomic E-state index is 12.9. The molecule has 1 aliphatic rings. The van der Waals surface area contributed by atoms with E-state index in [0.717, 1.165) is 48.2 Å². The molecule has 6 heteroatoms. The highest BCUT2D eigenvalue weighted by atomic mass is 16.5. The molecule has 0 spiro atoms. The second kappa shape index (κ2) is 9.77. The first kappa shape index (κ1) is 21.1. The minimum atomic E-state index is -0.0773. The van der Waals surface area contributed by atoms with Gasteiger partial charge in [-0.25, -0.2) is 9.97 Å². The fraction of sp³-hybridized carbons (Fsp3) is 0.400. The van der Waals surface area contributed by atoms with Crippen molar-refractivity contribution in [2.24, 2.45) is 5.92 Å². The Morgan fingerprint density at radius 3 is 2.61 bits per heavy atom. The summed E-state index contributed by atoms with van der Waals surface area (Å²) in [6.07, 6.45) is 2.71. The van der Waals surface area contributed by atoms with E-state index in [1.54, 1.807) is 0 Å². The van der Waals surface area contributed by atoms with Gasteiger partial charge >= 0.3 is 0 Å². The average Bonchev–Trinajstić information content (AvgIpc) is 2.81. The molecular formula is C25H30N4O2. The average molecular weight is 419 g/mol. The van der Waals surface area contributed by atoms with Crippen LogP contribution in [0.4, 0.5) is 5.82 Å². The van der Waals surface area contributed by atoms with Crippen LogP contribution >= 0.6 is 0 Å². The highest BCUT2D eigenvalue weighted by Crippen LogP contribution is 2.30. The first-order chi connectivity index (χ1) is 15.1. The molecule has 4 rings (SSSR count). The van der Waals surface area contributed by atoms with Crippen LogP contribution in [0.15, 0.2) is 48.5 Å². The highest BCUT2D eigenvalue weighted by Gasteiger charge is 2.28. The van der Waals surface area contributed by atoms with Gasteiger partial charge in [0.15, 0.2) is 5.82 Å². The van der Waals surface area contributed by atoms with Crippen molar-refractivity contribution in [3.8, 4) is 5.88 Å². The SMILES string of the molecule is CCCOc1nc2ccccc2nc1N1CCC[C@H](C(=O)NCc2ccc(C)cc2)C1. The van der Waals surface area contributed by atoms with Crippen LogP contribution in [-0.4, -0.2) is 35.6 Å². The van der Waals surface area contributed by atoms with E-state index in [0.29, 0.717) is 25.6 Å². The molecule has 3 aromatic rings. The lowest BCUT2D eigenvalue weighted by atomic mass is 9.97. The second-order valence-electron chi connectivity index (χ2n) is 8.18. The summed E-state index contributed by atoms with van der Waals surface area (Å²) in [6.45, 7) is 6.74. The van der Waals surface area contributed by atoms with Gasteiger partial charge in [-0.05, 0) is 43.9 Å². The van der Waals surface area contributed by atoms with Crippen LogP contribution in [0.5, 0.6) is 5.88 Å². The van der Waals surface area contributed by atoms with E-state index in [-0.39, 0.29) is 11.8 Å². The van der Waals surface area contributed by atoms with Gasteiger partial charge in [-0.15, -0.1) is 0 Å². The number of fused-ring (bicyclic) bond motifs is 1. The molecule has 1 fully saturated rings. The summed E-state index contributed by atoms with van der Waals surface area (Å²) in [4.78, 5) is 24.6. The topological polar surface area (TPSA) is 67.4 Å². The maximum Gasteiger partial charge on any atom is 0.258 e. The Labute approximate surface area is 183 Å². The molecule has 2 aromatic carbocycles. The lowest BCUT2D eigenvalue weighted by Gasteiger charge is -2.33. The van der Waals surface area contributed by atoms with E-state index in [9.17, 15) is 4.79 Å². The van der Waals surface area contributed by atoms with Crippen molar-refractivity contribution in [2.75, 3.05) is 24.6 Å². The third-order valence-electron chi connectivity index (χ3n) is 5.64. The van der Waals surface area contributed by atoms with Gasteiger partial charge in [-0.2, -0.15) is 0 Å².